The van der Waals surface area contributed by atoms with Crippen LogP contribution in [0.1, 0.15) is 29.2 Å². The van der Waals surface area contributed by atoms with Crippen LogP contribution in [0.2, 0.25) is 0 Å². The highest BCUT2D eigenvalue weighted by Gasteiger charge is 2.15. The van der Waals surface area contributed by atoms with E-state index in [9.17, 15) is 0 Å². The lowest BCUT2D eigenvalue weighted by molar-refractivity contribution is 0.761. The fraction of sp³-hybridized carbons (Fsp3) is 0.217. The predicted molar refractivity (Wildman–Crippen MR) is 106 cm³/mol. The number of pyridine rings is 1. The van der Waals surface area contributed by atoms with Crippen LogP contribution in [0.4, 0.5) is 0 Å². The van der Waals surface area contributed by atoms with Crippen molar-refractivity contribution in [2.75, 3.05) is 0 Å². The Kier molecular flexibility index (Phi) is 4.53. The number of hydrogen-bond donors (Lipinski definition) is 0. The zero-order valence-electron chi connectivity index (χ0n) is 15.2. The molecule has 0 bridgehead atoms. The van der Waals surface area contributed by atoms with Crippen molar-refractivity contribution in [2.24, 2.45) is 0 Å². The standard InChI is InChI=1S/C23H22N3/c1-17-16-21-23(18(2)24-17)25-22(26(21)20-13-7-4-8-14-20)15-9-12-19-10-5-3-6-11-19/h3-7,10-11,13-14,16H,9,12,15H2,1-2H3. The van der Waals surface area contributed by atoms with Gasteiger partial charge in [-0.1, -0.05) is 42.5 Å². The van der Waals surface area contributed by atoms with Crippen molar-refractivity contribution in [2.45, 2.75) is 33.1 Å². The zero-order chi connectivity index (χ0) is 17.9. The Morgan fingerprint density at radius 2 is 1.81 bits per heavy atom. The third kappa shape index (κ3) is 3.25. The lowest BCUT2D eigenvalue weighted by Crippen LogP contribution is -2.02. The van der Waals surface area contributed by atoms with Gasteiger partial charge in [-0.3, -0.25) is 9.55 Å². The molecule has 4 aromatic rings. The van der Waals surface area contributed by atoms with Crippen LogP contribution in [0.5, 0.6) is 0 Å². The summed E-state index contributed by atoms with van der Waals surface area (Å²) in [5, 5.41) is 0. The van der Waals surface area contributed by atoms with E-state index in [2.05, 4.69) is 58.1 Å². The van der Waals surface area contributed by atoms with Crippen LogP contribution in [0.25, 0.3) is 16.7 Å². The van der Waals surface area contributed by atoms with Crippen molar-refractivity contribution in [1.82, 2.24) is 14.5 Å². The molecule has 3 heteroatoms. The molecular weight excluding hydrogens is 318 g/mol. The van der Waals surface area contributed by atoms with Gasteiger partial charge in [0.2, 0.25) is 0 Å². The molecule has 0 saturated carbocycles. The van der Waals surface area contributed by atoms with Gasteiger partial charge in [-0.2, -0.15) is 0 Å². The SMILES string of the molecule is Cc1cc2c(nc(CCCc3ccccc3)n2-c2c[c]ccc2)c(C)n1. The molecule has 0 unspecified atom stereocenters. The molecule has 0 spiro atoms. The maximum Gasteiger partial charge on any atom is 0.114 e. The molecular formula is C23H22N3. The molecule has 4 rings (SSSR count). The first kappa shape index (κ1) is 16.5. The molecule has 0 amide bonds. The highest BCUT2D eigenvalue weighted by molar-refractivity contribution is 5.80. The summed E-state index contributed by atoms with van der Waals surface area (Å²) in [4.78, 5) is 9.54. The maximum absolute atomic E-state index is 4.95. The Balaban J connectivity index is 1.72. The smallest absolute Gasteiger partial charge is 0.114 e. The topological polar surface area (TPSA) is 30.7 Å². The van der Waals surface area contributed by atoms with E-state index in [-0.39, 0.29) is 0 Å². The second-order valence-electron chi connectivity index (χ2n) is 6.68. The van der Waals surface area contributed by atoms with Crippen molar-refractivity contribution in [3.63, 3.8) is 0 Å². The van der Waals surface area contributed by atoms with E-state index in [1.165, 1.54) is 5.56 Å². The van der Waals surface area contributed by atoms with Crippen LogP contribution in [0.3, 0.4) is 0 Å². The van der Waals surface area contributed by atoms with E-state index in [0.717, 1.165) is 53.2 Å². The molecule has 0 atom stereocenters. The first-order valence-corrected chi connectivity index (χ1v) is 9.08. The Bertz CT molecular complexity index is 1020. The Morgan fingerprint density at radius 3 is 2.58 bits per heavy atom. The van der Waals surface area contributed by atoms with Gasteiger partial charge in [-0.25, -0.2) is 4.98 Å². The first-order valence-electron chi connectivity index (χ1n) is 9.08. The number of rotatable bonds is 5. The van der Waals surface area contributed by atoms with E-state index in [1.807, 2.05) is 32.0 Å². The second kappa shape index (κ2) is 7.12. The predicted octanol–water partition coefficient (Wildman–Crippen LogP) is 5.01. The lowest BCUT2D eigenvalue weighted by Gasteiger charge is -2.10. The van der Waals surface area contributed by atoms with Crippen molar-refractivity contribution in [3.05, 3.63) is 89.5 Å². The largest absolute Gasteiger partial charge is 0.296 e. The van der Waals surface area contributed by atoms with Crippen LogP contribution in [-0.4, -0.2) is 14.5 Å². The lowest BCUT2D eigenvalue weighted by atomic mass is 10.1. The minimum atomic E-state index is 0.928. The van der Waals surface area contributed by atoms with Gasteiger partial charge in [0.25, 0.3) is 0 Å². The summed E-state index contributed by atoms with van der Waals surface area (Å²) in [7, 11) is 0. The Morgan fingerprint density at radius 1 is 0.962 bits per heavy atom. The number of imidazole rings is 1. The van der Waals surface area contributed by atoms with E-state index in [0.29, 0.717) is 0 Å². The second-order valence-corrected chi connectivity index (χ2v) is 6.68. The summed E-state index contributed by atoms with van der Waals surface area (Å²) in [6.45, 7) is 4.08. The van der Waals surface area contributed by atoms with Crippen molar-refractivity contribution in [1.29, 1.82) is 0 Å². The quantitative estimate of drug-likeness (QED) is 0.511. The van der Waals surface area contributed by atoms with Crippen molar-refractivity contribution in [3.8, 4) is 5.69 Å². The summed E-state index contributed by atoms with van der Waals surface area (Å²) >= 11 is 0. The average Bonchev–Trinajstić information content (AvgIpc) is 3.02. The van der Waals surface area contributed by atoms with Gasteiger partial charge in [0.15, 0.2) is 0 Å². The van der Waals surface area contributed by atoms with Crippen LogP contribution in [0.15, 0.2) is 60.7 Å². The molecule has 0 N–H and O–H groups in total. The Hall–Kier alpha value is -2.94. The highest BCUT2D eigenvalue weighted by Crippen LogP contribution is 2.25. The third-order valence-electron chi connectivity index (χ3n) is 4.67. The van der Waals surface area contributed by atoms with Gasteiger partial charge < -0.3 is 0 Å². The zero-order valence-corrected chi connectivity index (χ0v) is 15.2. The summed E-state index contributed by atoms with van der Waals surface area (Å²) in [5.74, 6) is 1.09. The number of benzene rings is 2. The van der Waals surface area contributed by atoms with Gasteiger partial charge in [-0.05, 0) is 56.5 Å². The molecule has 129 valence electrons. The molecule has 1 radical (unpaired) electrons. The minimum Gasteiger partial charge on any atom is -0.296 e. The Labute approximate surface area is 154 Å². The molecule has 2 aromatic carbocycles. The van der Waals surface area contributed by atoms with Gasteiger partial charge in [0.1, 0.15) is 11.3 Å². The summed E-state index contributed by atoms with van der Waals surface area (Å²) in [6.07, 6.45) is 3.05. The molecule has 3 nitrogen and oxygen atoms in total. The maximum atomic E-state index is 4.95. The van der Waals surface area contributed by atoms with Gasteiger partial charge in [-0.15, -0.1) is 0 Å². The van der Waals surface area contributed by atoms with E-state index >= 15 is 0 Å². The van der Waals surface area contributed by atoms with Gasteiger partial charge in [0, 0.05) is 17.8 Å². The summed E-state index contributed by atoms with van der Waals surface area (Å²) in [6, 6.07) is 24.0. The first-order chi connectivity index (χ1) is 12.7. The van der Waals surface area contributed by atoms with Crippen LogP contribution in [0, 0.1) is 19.9 Å². The normalized spacial score (nSPS) is 11.2. The number of nitrogens with zero attached hydrogens (tertiary/aromatic N) is 3. The fourth-order valence-electron chi connectivity index (χ4n) is 3.50. The number of hydrogen-bond acceptors (Lipinski definition) is 2. The molecule has 0 fully saturated rings. The molecule has 26 heavy (non-hydrogen) atoms. The molecule has 0 aliphatic heterocycles. The average molecular weight is 340 g/mol. The number of fused-ring (bicyclic) bond motifs is 1. The molecule has 0 saturated heterocycles. The summed E-state index contributed by atoms with van der Waals surface area (Å²) < 4.78 is 2.26. The molecule has 0 aliphatic carbocycles. The molecule has 2 aromatic heterocycles. The molecule has 0 aliphatic rings. The van der Waals surface area contributed by atoms with E-state index in [4.69, 9.17) is 4.98 Å². The number of aryl methyl sites for hydroxylation is 4. The van der Waals surface area contributed by atoms with Crippen molar-refractivity contribution >= 4 is 11.0 Å². The van der Waals surface area contributed by atoms with Gasteiger partial charge >= 0.3 is 0 Å². The fourth-order valence-corrected chi connectivity index (χ4v) is 3.50. The van der Waals surface area contributed by atoms with Crippen molar-refractivity contribution < 1.29 is 0 Å². The van der Waals surface area contributed by atoms with Gasteiger partial charge in [0.05, 0.1) is 11.2 Å². The monoisotopic (exact) mass is 340 g/mol. The third-order valence-corrected chi connectivity index (χ3v) is 4.67. The van der Waals surface area contributed by atoms with Crippen LogP contribution in [-0.2, 0) is 12.8 Å². The highest BCUT2D eigenvalue weighted by atomic mass is 15.1. The number of aromatic nitrogens is 3. The molecule has 2 heterocycles. The minimum absolute atomic E-state index is 0.928. The van der Waals surface area contributed by atoms with E-state index < -0.39 is 0 Å². The summed E-state index contributed by atoms with van der Waals surface area (Å²) in [5.41, 5.74) is 6.61. The van der Waals surface area contributed by atoms with Crippen LogP contribution >= 0.6 is 0 Å². The van der Waals surface area contributed by atoms with E-state index in [1.54, 1.807) is 0 Å². The van der Waals surface area contributed by atoms with Crippen LogP contribution < -0.4 is 0 Å².